The highest BCUT2D eigenvalue weighted by atomic mass is 16.5. The summed E-state index contributed by atoms with van der Waals surface area (Å²) in [6.45, 7) is 0.290. The van der Waals surface area contributed by atoms with Gasteiger partial charge in [0.25, 0.3) is 0 Å². The van der Waals surface area contributed by atoms with Gasteiger partial charge in [0.15, 0.2) is 0 Å². The molecule has 2 heteroatoms. The zero-order valence-electron chi connectivity index (χ0n) is 5.13. The molecule has 0 saturated heterocycles. The largest absolute Gasteiger partial charge is 0.396 e. The van der Waals surface area contributed by atoms with E-state index in [2.05, 4.69) is 0 Å². The quantitative estimate of drug-likeness (QED) is 0.566. The second-order valence-electron chi connectivity index (χ2n) is 2.29. The molecule has 0 unspecified atom stereocenters. The molecule has 8 heavy (non-hydrogen) atoms. The summed E-state index contributed by atoms with van der Waals surface area (Å²) in [4.78, 5) is 0. The van der Waals surface area contributed by atoms with Crippen LogP contribution in [0.25, 0.3) is 0 Å². The van der Waals surface area contributed by atoms with Crippen molar-refractivity contribution in [1.82, 2.24) is 0 Å². The molecule has 1 saturated carbocycles. The molecule has 0 bridgehead atoms. The molecule has 1 N–H and O–H groups in total. The van der Waals surface area contributed by atoms with Crippen molar-refractivity contribution in [3.63, 3.8) is 0 Å². The number of hydrogen-bond acceptors (Lipinski definition) is 2. The van der Waals surface area contributed by atoms with Crippen LogP contribution in [-0.2, 0) is 4.74 Å². The Kier molecular flexibility index (Phi) is 1.86. The number of aliphatic hydroxyl groups excluding tert-OH is 1. The summed E-state index contributed by atoms with van der Waals surface area (Å²) in [5.41, 5.74) is 0. The van der Waals surface area contributed by atoms with Crippen LogP contribution in [0.5, 0.6) is 0 Å². The number of rotatable bonds is 2. The Morgan fingerprint density at radius 2 is 2.38 bits per heavy atom. The van der Waals surface area contributed by atoms with E-state index in [1.807, 2.05) is 0 Å². The summed E-state index contributed by atoms with van der Waals surface area (Å²) in [7, 11) is 1.70. The Morgan fingerprint density at radius 1 is 1.62 bits per heavy atom. The van der Waals surface area contributed by atoms with Crippen molar-refractivity contribution >= 4 is 0 Å². The van der Waals surface area contributed by atoms with E-state index in [0.29, 0.717) is 18.6 Å². The van der Waals surface area contributed by atoms with E-state index >= 15 is 0 Å². The molecule has 0 aromatic rings. The average molecular weight is 116 g/mol. The molecule has 1 rings (SSSR count). The molecular formula is C6H12O2. The molecule has 0 spiro atoms. The van der Waals surface area contributed by atoms with Gasteiger partial charge >= 0.3 is 0 Å². The Bertz CT molecular complexity index is 58.9. The summed E-state index contributed by atoms with van der Waals surface area (Å²) >= 11 is 0. The van der Waals surface area contributed by atoms with E-state index in [-0.39, 0.29) is 0 Å². The van der Waals surface area contributed by atoms with Gasteiger partial charge in [-0.25, -0.2) is 0 Å². The highest BCUT2D eigenvalue weighted by Gasteiger charge is 2.29. The molecular weight excluding hydrogens is 104 g/mol. The molecule has 2 atom stereocenters. The first-order valence-corrected chi connectivity index (χ1v) is 3.02. The molecule has 0 heterocycles. The zero-order valence-corrected chi connectivity index (χ0v) is 5.13. The van der Waals surface area contributed by atoms with Crippen LogP contribution in [0.4, 0.5) is 0 Å². The lowest BCUT2D eigenvalue weighted by atomic mass is 9.83. The fourth-order valence-corrected chi connectivity index (χ4v) is 1.06. The molecule has 1 aliphatic carbocycles. The highest BCUT2D eigenvalue weighted by Crippen LogP contribution is 2.28. The third-order valence-corrected chi connectivity index (χ3v) is 1.89. The summed E-state index contributed by atoms with van der Waals surface area (Å²) in [5, 5.41) is 8.61. The van der Waals surface area contributed by atoms with Gasteiger partial charge in [-0.1, -0.05) is 0 Å². The average Bonchev–Trinajstić information content (AvgIpc) is 1.66. The van der Waals surface area contributed by atoms with Gasteiger partial charge in [-0.15, -0.1) is 0 Å². The molecule has 1 aliphatic rings. The Labute approximate surface area is 49.5 Å². The van der Waals surface area contributed by atoms with Crippen LogP contribution in [0.3, 0.4) is 0 Å². The van der Waals surface area contributed by atoms with E-state index in [0.717, 1.165) is 12.8 Å². The van der Waals surface area contributed by atoms with Crippen molar-refractivity contribution in [3.8, 4) is 0 Å². The van der Waals surface area contributed by atoms with Crippen LogP contribution in [0.1, 0.15) is 12.8 Å². The van der Waals surface area contributed by atoms with Crippen molar-refractivity contribution in [2.75, 3.05) is 13.7 Å². The summed E-state index contributed by atoms with van der Waals surface area (Å²) < 4.78 is 5.03. The van der Waals surface area contributed by atoms with Crippen molar-refractivity contribution in [1.29, 1.82) is 0 Å². The highest BCUT2D eigenvalue weighted by molar-refractivity contribution is 4.80. The standard InChI is InChI=1S/C6H12O2/c1-8-6-3-2-5(6)4-7/h5-7H,2-4H2,1H3/t5-,6-/m0/s1. The van der Waals surface area contributed by atoms with Crippen molar-refractivity contribution in [2.45, 2.75) is 18.9 Å². The van der Waals surface area contributed by atoms with Gasteiger partial charge in [0.2, 0.25) is 0 Å². The van der Waals surface area contributed by atoms with Gasteiger partial charge in [0, 0.05) is 19.6 Å². The van der Waals surface area contributed by atoms with Crippen LogP contribution < -0.4 is 0 Å². The van der Waals surface area contributed by atoms with Gasteiger partial charge in [-0.05, 0) is 12.8 Å². The van der Waals surface area contributed by atoms with Crippen molar-refractivity contribution in [3.05, 3.63) is 0 Å². The summed E-state index contributed by atoms with van der Waals surface area (Å²) in [6, 6.07) is 0. The third-order valence-electron chi connectivity index (χ3n) is 1.89. The first-order valence-electron chi connectivity index (χ1n) is 3.02. The Balaban J connectivity index is 2.16. The number of methoxy groups -OCH3 is 1. The lowest BCUT2D eigenvalue weighted by molar-refractivity contribution is -0.0389. The molecule has 0 aliphatic heterocycles. The molecule has 0 amide bonds. The molecule has 48 valence electrons. The fourth-order valence-electron chi connectivity index (χ4n) is 1.06. The van der Waals surface area contributed by atoms with Gasteiger partial charge in [0.1, 0.15) is 0 Å². The van der Waals surface area contributed by atoms with Crippen molar-refractivity contribution in [2.24, 2.45) is 5.92 Å². The molecule has 2 nitrogen and oxygen atoms in total. The van der Waals surface area contributed by atoms with Crippen LogP contribution in [0, 0.1) is 5.92 Å². The van der Waals surface area contributed by atoms with E-state index in [9.17, 15) is 0 Å². The third kappa shape index (κ3) is 0.858. The maximum Gasteiger partial charge on any atom is 0.0621 e. The zero-order chi connectivity index (χ0) is 5.98. The summed E-state index contributed by atoms with van der Waals surface area (Å²) in [5.74, 6) is 0.431. The Hall–Kier alpha value is -0.0800. The second kappa shape index (κ2) is 2.46. The monoisotopic (exact) mass is 116 g/mol. The lowest BCUT2D eigenvalue weighted by Gasteiger charge is -2.33. The number of aliphatic hydroxyl groups is 1. The maximum absolute atomic E-state index is 8.61. The van der Waals surface area contributed by atoms with Crippen LogP contribution in [0.2, 0.25) is 0 Å². The van der Waals surface area contributed by atoms with Gasteiger partial charge in [-0.2, -0.15) is 0 Å². The van der Waals surface area contributed by atoms with E-state index in [1.54, 1.807) is 7.11 Å². The maximum atomic E-state index is 8.61. The van der Waals surface area contributed by atoms with E-state index < -0.39 is 0 Å². The predicted octanol–water partition coefficient (Wildman–Crippen LogP) is 0.404. The fraction of sp³-hybridized carbons (Fsp3) is 1.00. The topological polar surface area (TPSA) is 29.5 Å². The predicted molar refractivity (Wildman–Crippen MR) is 30.6 cm³/mol. The smallest absolute Gasteiger partial charge is 0.0621 e. The molecule has 0 aromatic heterocycles. The SMILES string of the molecule is CO[C@H]1CC[C@H]1CO. The normalized spacial score (nSPS) is 36.8. The van der Waals surface area contributed by atoms with Crippen LogP contribution in [-0.4, -0.2) is 24.9 Å². The van der Waals surface area contributed by atoms with Crippen molar-refractivity contribution < 1.29 is 9.84 Å². The molecule has 0 aromatic carbocycles. The number of hydrogen-bond donors (Lipinski definition) is 1. The van der Waals surface area contributed by atoms with Crippen LogP contribution in [0.15, 0.2) is 0 Å². The van der Waals surface area contributed by atoms with Gasteiger partial charge in [0.05, 0.1) is 6.10 Å². The first-order chi connectivity index (χ1) is 3.88. The lowest BCUT2D eigenvalue weighted by Crippen LogP contribution is -2.35. The van der Waals surface area contributed by atoms with E-state index in [1.165, 1.54) is 0 Å². The van der Waals surface area contributed by atoms with Gasteiger partial charge in [-0.3, -0.25) is 0 Å². The minimum Gasteiger partial charge on any atom is -0.396 e. The molecule has 0 radical (unpaired) electrons. The minimum atomic E-state index is 0.290. The molecule has 1 fully saturated rings. The van der Waals surface area contributed by atoms with Crippen LogP contribution >= 0.6 is 0 Å². The first kappa shape index (κ1) is 6.05. The number of ether oxygens (including phenoxy) is 1. The second-order valence-corrected chi connectivity index (χ2v) is 2.29. The summed E-state index contributed by atoms with van der Waals surface area (Å²) in [6.07, 6.45) is 2.61. The minimum absolute atomic E-state index is 0.290. The Morgan fingerprint density at radius 3 is 2.50 bits per heavy atom. The van der Waals surface area contributed by atoms with Gasteiger partial charge < -0.3 is 9.84 Å². The van der Waals surface area contributed by atoms with E-state index in [4.69, 9.17) is 9.84 Å².